The molecule has 0 saturated heterocycles. The van der Waals surface area contributed by atoms with Crippen LogP contribution in [0.4, 0.5) is 0 Å². The van der Waals surface area contributed by atoms with E-state index in [1.807, 2.05) is 41.5 Å². The maximum atomic E-state index is 9.00. The van der Waals surface area contributed by atoms with Gasteiger partial charge in [0.25, 0.3) is 5.97 Å². The summed E-state index contributed by atoms with van der Waals surface area (Å²) in [6, 6.07) is 0. The number of aliphatic carboxylic acids is 1. The van der Waals surface area contributed by atoms with Crippen LogP contribution in [-0.2, 0) is 4.79 Å². The molecule has 81 valence electrons. The van der Waals surface area contributed by atoms with E-state index in [2.05, 4.69) is 0 Å². The quantitative estimate of drug-likeness (QED) is 0.510. The summed E-state index contributed by atoms with van der Waals surface area (Å²) < 4.78 is 0. The summed E-state index contributed by atoms with van der Waals surface area (Å²) in [5.41, 5.74) is 0. The molecule has 0 unspecified atom stereocenters. The van der Waals surface area contributed by atoms with Crippen LogP contribution in [0.2, 0.25) is 0 Å². The molecule has 0 aromatic rings. The third-order valence-corrected chi connectivity index (χ3v) is 0. The molecule has 0 spiro atoms. The van der Waals surface area contributed by atoms with Gasteiger partial charge < -0.3 is 6.53 Å². The first-order chi connectivity index (χ1) is 5.73. The molecule has 0 saturated carbocycles. The average Bonchev–Trinajstić information content (AvgIpc) is 2.16. The standard InChI is InChI=1S/C2H4O2.3C2H6.BH4.B.3K.H/c1-2(3)4;3*1-2;;;;;;/h1H3,(H,3,4);3*1-2H3;1H4;;;;;/q;;;;-1;;;;+1;-1. The monoisotopic (exact) mass is 294 g/mol. The zero-order chi connectivity index (χ0) is 11.6. The Labute approximate surface area is 191 Å². The molecule has 1 N–H and O–H groups in total. The number of hydrogen-bond acceptors (Lipinski definition) is 1. The number of carboxylic acids is 1. The summed E-state index contributed by atoms with van der Waals surface area (Å²) in [6.45, 7) is 13.1. The van der Waals surface area contributed by atoms with E-state index < -0.39 is 5.97 Å². The van der Waals surface area contributed by atoms with Crippen molar-refractivity contribution in [1.82, 2.24) is 0 Å². The third kappa shape index (κ3) is 248. The number of carbonyl (C=O) groups is 1. The van der Waals surface area contributed by atoms with Crippen LogP contribution in [0.1, 0.15) is 49.9 Å². The van der Waals surface area contributed by atoms with Gasteiger partial charge in [-0.2, -0.15) is 0 Å². The molecule has 3 radical (unpaired) electrons. The van der Waals surface area contributed by atoms with Crippen molar-refractivity contribution in [1.29, 1.82) is 0 Å². The van der Waals surface area contributed by atoms with Crippen molar-refractivity contribution in [2.24, 2.45) is 0 Å². The molecule has 0 bridgehead atoms. The fourth-order valence-electron chi connectivity index (χ4n) is 0. The van der Waals surface area contributed by atoms with Gasteiger partial charge in [-0.25, -0.2) is 0 Å². The van der Waals surface area contributed by atoms with Crippen molar-refractivity contribution in [2.45, 2.75) is 48.5 Å². The normalized spacial score (nSPS) is 3.40. The second-order valence-corrected chi connectivity index (χ2v) is 0.519. The van der Waals surface area contributed by atoms with Crippen molar-refractivity contribution in [3.05, 3.63) is 0 Å². The second-order valence-electron chi connectivity index (χ2n) is 0.519. The van der Waals surface area contributed by atoms with Crippen LogP contribution in [0.25, 0.3) is 0 Å². The van der Waals surface area contributed by atoms with Crippen LogP contribution in [0.15, 0.2) is 0 Å². The molecular weight excluding hydrogens is 267 g/mol. The fraction of sp³-hybridized carbons (Fsp3) is 0.875. The van der Waals surface area contributed by atoms with Gasteiger partial charge in [-0.3, -0.25) is 4.79 Å². The molecule has 0 atom stereocenters. The summed E-state index contributed by atoms with van der Waals surface area (Å²) >= 11 is 2.50. The number of carboxylic acid groups (broad SMARTS) is 1. The van der Waals surface area contributed by atoms with Crippen LogP contribution in [0.5, 0.6) is 0 Å². The van der Waals surface area contributed by atoms with Gasteiger partial charge >= 0.3 is 115 Å². The zero-order valence-corrected chi connectivity index (χ0v) is 21.3. The van der Waals surface area contributed by atoms with Gasteiger partial charge in [0.1, 0.15) is 0 Å². The Kier molecular flexibility index (Phi) is 339. The van der Waals surface area contributed by atoms with E-state index in [0.29, 0.717) is 0 Å². The Morgan fingerprint density at radius 2 is 1.00 bits per heavy atom. The summed E-state index contributed by atoms with van der Waals surface area (Å²) in [6.07, 6.45) is 0. The molecule has 2 nitrogen and oxygen atoms in total. The molecule has 0 fully saturated rings. The van der Waals surface area contributed by atoms with E-state index in [1.165, 1.54) is 63.2 Å². The van der Waals surface area contributed by atoms with Crippen molar-refractivity contribution in [2.75, 3.05) is 0 Å². The van der Waals surface area contributed by atoms with Crippen LogP contribution >= 0.6 is 0 Å². The van der Waals surface area contributed by atoms with Crippen LogP contribution < -0.4 is 51.4 Å². The van der Waals surface area contributed by atoms with Gasteiger partial charge in [0, 0.05) is 15.3 Å². The first kappa shape index (κ1) is 50.5. The van der Waals surface area contributed by atoms with E-state index in [9.17, 15) is 0 Å². The summed E-state index contributed by atoms with van der Waals surface area (Å²) in [4.78, 5) is 9.00. The van der Waals surface area contributed by atoms with Gasteiger partial charge in [0.15, 0.2) is 0 Å². The van der Waals surface area contributed by atoms with Gasteiger partial charge in [-0.1, -0.05) is 50.0 Å². The minimum absolute atomic E-state index is 0. The molecule has 0 rings (SSSR count). The van der Waals surface area contributed by atoms with Crippen LogP contribution in [-0.4, -0.2) is 91.1 Å². The predicted octanol–water partition coefficient (Wildman–Crippen LogP) is -2.31. The SMILES string of the molecule is CC.CC.CC.CC(=O)O.[BH4-].[B].[H-].[K+].[K][K]. The van der Waals surface area contributed by atoms with E-state index in [4.69, 9.17) is 9.90 Å². The van der Waals surface area contributed by atoms with Crippen molar-refractivity contribution >= 4 is 85.9 Å². The first-order valence-electron chi connectivity index (χ1n) is 4.93. The number of rotatable bonds is 0. The van der Waals surface area contributed by atoms with Crippen molar-refractivity contribution in [3.63, 3.8) is 0 Å². The van der Waals surface area contributed by atoms with Gasteiger partial charge in [0.2, 0.25) is 0 Å². The average molecular weight is 294 g/mol. The minimum atomic E-state index is -0.833. The molecule has 0 heterocycles. The molecular formula is C8H27B2K3O2-. The zero-order valence-electron chi connectivity index (χ0n) is 12.9. The molecule has 0 aliphatic rings. The van der Waals surface area contributed by atoms with Crippen LogP contribution in [0.3, 0.4) is 0 Å². The Balaban J connectivity index is -0.00000000536. The predicted molar refractivity (Wildman–Crippen MR) is 77.1 cm³/mol. The summed E-state index contributed by atoms with van der Waals surface area (Å²) in [5.74, 6) is -0.833. The maximum absolute atomic E-state index is 9.00. The van der Waals surface area contributed by atoms with E-state index in [0.717, 1.165) is 6.92 Å². The molecule has 0 aliphatic carbocycles. The third-order valence-electron chi connectivity index (χ3n) is 0. The Morgan fingerprint density at radius 1 is 1.00 bits per heavy atom. The topological polar surface area (TPSA) is 37.3 Å². The van der Waals surface area contributed by atoms with Gasteiger partial charge in [-0.15, -0.1) is 0 Å². The van der Waals surface area contributed by atoms with Crippen LogP contribution in [0, 0.1) is 0 Å². The Bertz CT molecular complexity index is 54.3. The van der Waals surface area contributed by atoms with E-state index >= 15 is 0 Å². The molecule has 0 amide bonds. The summed E-state index contributed by atoms with van der Waals surface area (Å²) in [7, 11) is 0. The molecule has 7 heteroatoms. The molecule has 0 aromatic heterocycles. The van der Waals surface area contributed by atoms with Gasteiger partial charge in [-0.05, 0) is 0 Å². The van der Waals surface area contributed by atoms with E-state index in [-0.39, 0.29) is 69.6 Å². The number of hydrogen-bond donors (Lipinski definition) is 1. The Morgan fingerprint density at radius 3 is 1.00 bits per heavy atom. The van der Waals surface area contributed by atoms with Gasteiger partial charge in [0.05, 0.1) is 0 Å². The van der Waals surface area contributed by atoms with Crippen molar-refractivity contribution in [3.8, 4) is 0 Å². The fourth-order valence-corrected chi connectivity index (χ4v) is 0. The second kappa shape index (κ2) is 101. The van der Waals surface area contributed by atoms with E-state index in [1.54, 1.807) is 0 Å². The van der Waals surface area contributed by atoms with Crippen molar-refractivity contribution < 1.29 is 62.7 Å². The Hall–Kier alpha value is 4.51. The first-order valence-corrected chi connectivity index (χ1v) is 20.9. The molecule has 0 aliphatic heterocycles. The molecule has 0 aromatic carbocycles. The summed E-state index contributed by atoms with van der Waals surface area (Å²) in [5, 5.41) is 7.42. The molecule has 15 heavy (non-hydrogen) atoms.